The van der Waals surface area contributed by atoms with Crippen molar-refractivity contribution < 1.29 is 17.9 Å². The first kappa shape index (κ1) is 22.9. The number of carbonyl (C=O) groups is 1. The van der Waals surface area contributed by atoms with Gasteiger partial charge >= 0.3 is 0 Å². The number of anilines is 1. The quantitative estimate of drug-likeness (QED) is 0.531. The van der Waals surface area contributed by atoms with Crippen molar-refractivity contribution in [3.8, 4) is 5.75 Å². The van der Waals surface area contributed by atoms with Gasteiger partial charge in [0.15, 0.2) is 0 Å². The second-order valence-electron chi connectivity index (χ2n) is 7.60. The van der Waals surface area contributed by atoms with Crippen LogP contribution in [0.5, 0.6) is 5.75 Å². The molecule has 0 saturated heterocycles. The molecule has 162 valence electrons. The Labute approximate surface area is 192 Å². The summed E-state index contributed by atoms with van der Waals surface area (Å²) < 4.78 is 33.1. The molecule has 0 unspecified atom stereocenters. The number of hydrogen-bond donors (Lipinski definition) is 1. The Bertz CT molecular complexity index is 1000. The van der Waals surface area contributed by atoms with Crippen molar-refractivity contribution in [2.75, 3.05) is 17.1 Å². The Hall–Kier alpha value is -1.81. The average molecular weight is 542 g/mol. The van der Waals surface area contributed by atoms with Crippen molar-refractivity contribution >= 4 is 44.2 Å². The number of para-hydroxylation sites is 1. The van der Waals surface area contributed by atoms with Gasteiger partial charge in [-0.15, -0.1) is 0 Å². The minimum Gasteiger partial charge on any atom is -0.487 e. The first-order valence-electron chi connectivity index (χ1n) is 9.98. The van der Waals surface area contributed by atoms with E-state index in [0.29, 0.717) is 12.1 Å². The largest absolute Gasteiger partial charge is 0.487 e. The van der Waals surface area contributed by atoms with Crippen LogP contribution >= 0.6 is 22.6 Å². The van der Waals surface area contributed by atoms with Crippen molar-refractivity contribution in [3.05, 3.63) is 57.7 Å². The Morgan fingerprint density at radius 3 is 2.40 bits per heavy atom. The van der Waals surface area contributed by atoms with E-state index < -0.39 is 10.0 Å². The van der Waals surface area contributed by atoms with Gasteiger partial charge in [-0.25, -0.2) is 8.42 Å². The zero-order valence-electron chi connectivity index (χ0n) is 17.4. The number of benzene rings is 2. The lowest BCUT2D eigenvalue weighted by Gasteiger charge is -2.41. The average Bonchev–Trinajstić information content (AvgIpc) is 2.72. The molecule has 1 aliphatic rings. The number of amides is 1. The predicted octanol–water partition coefficient (Wildman–Crippen LogP) is 4.26. The number of ether oxygens (including phenoxy) is 1. The molecule has 0 bridgehead atoms. The van der Waals surface area contributed by atoms with Gasteiger partial charge < -0.3 is 10.1 Å². The van der Waals surface area contributed by atoms with E-state index in [-0.39, 0.29) is 24.1 Å². The minimum atomic E-state index is -3.61. The molecule has 1 aliphatic heterocycles. The van der Waals surface area contributed by atoms with Crippen LogP contribution in [0.4, 0.5) is 5.69 Å². The van der Waals surface area contributed by atoms with Crippen molar-refractivity contribution in [1.29, 1.82) is 0 Å². The van der Waals surface area contributed by atoms with Gasteiger partial charge in [0.05, 0.1) is 18.0 Å². The van der Waals surface area contributed by atoms with E-state index in [2.05, 4.69) is 41.8 Å². The zero-order valence-corrected chi connectivity index (χ0v) is 20.4. The molecule has 2 aromatic carbocycles. The van der Waals surface area contributed by atoms with Gasteiger partial charge in [0, 0.05) is 15.6 Å². The van der Waals surface area contributed by atoms with E-state index in [1.165, 1.54) is 0 Å². The Morgan fingerprint density at radius 1 is 1.17 bits per heavy atom. The molecule has 1 atom stereocenters. The summed E-state index contributed by atoms with van der Waals surface area (Å²) in [6, 6.07) is 14.5. The number of fused-ring (bicyclic) bond motifs is 1. The van der Waals surface area contributed by atoms with Crippen LogP contribution in [-0.4, -0.2) is 32.7 Å². The number of nitrogens with zero attached hydrogens (tertiary/aromatic N) is 1. The molecule has 1 N–H and O–H groups in total. The van der Waals surface area contributed by atoms with Crippen molar-refractivity contribution in [1.82, 2.24) is 5.32 Å². The second kappa shape index (κ2) is 9.13. The van der Waals surface area contributed by atoms with Gasteiger partial charge in [-0.2, -0.15) is 0 Å². The van der Waals surface area contributed by atoms with E-state index in [4.69, 9.17) is 4.74 Å². The van der Waals surface area contributed by atoms with Gasteiger partial charge in [-0.05, 0) is 65.8 Å². The molecular formula is C22H27IN2O4S. The Kier molecular flexibility index (Phi) is 6.96. The summed E-state index contributed by atoms with van der Waals surface area (Å²) in [5.41, 5.74) is 1.04. The third-order valence-electron chi connectivity index (χ3n) is 5.62. The lowest BCUT2D eigenvalue weighted by atomic mass is 9.83. The molecule has 30 heavy (non-hydrogen) atoms. The monoisotopic (exact) mass is 542 g/mol. The van der Waals surface area contributed by atoms with E-state index in [1.807, 2.05) is 36.4 Å². The minimum absolute atomic E-state index is 0.236. The molecule has 0 aliphatic carbocycles. The second-order valence-corrected chi connectivity index (χ2v) is 10.8. The number of sulfonamides is 1. The molecular weight excluding hydrogens is 515 g/mol. The van der Waals surface area contributed by atoms with Crippen molar-refractivity contribution in [2.45, 2.75) is 44.8 Å². The number of rotatable bonds is 7. The zero-order chi connectivity index (χ0) is 21.9. The maximum absolute atomic E-state index is 12.9. The van der Waals surface area contributed by atoms with Gasteiger partial charge in [0.2, 0.25) is 15.9 Å². The summed E-state index contributed by atoms with van der Waals surface area (Å²) in [5.74, 6) is 0.428. The van der Waals surface area contributed by atoms with Gasteiger partial charge in [0.25, 0.3) is 0 Å². The molecule has 6 nitrogen and oxygen atoms in total. The molecule has 2 aromatic rings. The van der Waals surface area contributed by atoms with E-state index in [9.17, 15) is 13.2 Å². The van der Waals surface area contributed by atoms with Crippen LogP contribution in [0.1, 0.15) is 44.7 Å². The smallest absolute Gasteiger partial charge is 0.241 e. The van der Waals surface area contributed by atoms with E-state index in [1.54, 1.807) is 12.1 Å². The molecule has 1 amide bonds. The summed E-state index contributed by atoms with van der Waals surface area (Å²) in [6.45, 7) is 3.89. The van der Waals surface area contributed by atoms with Crippen LogP contribution in [0.3, 0.4) is 0 Å². The highest BCUT2D eigenvalue weighted by atomic mass is 127. The maximum Gasteiger partial charge on any atom is 0.241 e. The number of hydrogen-bond acceptors (Lipinski definition) is 4. The highest BCUT2D eigenvalue weighted by Crippen LogP contribution is 2.42. The SMILES string of the molecule is CCC1(CC)C[C@H](NC(=O)CN(c2ccc(I)cc2)S(C)(=O)=O)c2ccccc2O1. The van der Waals surface area contributed by atoms with Gasteiger partial charge in [0.1, 0.15) is 17.9 Å². The molecule has 0 fully saturated rings. The Morgan fingerprint density at radius 2 is 1.80 bits per heavy atom. The fourth-order valence-corrected chi connectivity index (χ4v) is 5.02. The molecule has 0 aromatic heterocycles. The van der Waals surface area contributed by atoms with Crippen molar-refractivity contribution in [2.24, 2.45) is 0 Å². The summed E-state index contributed by atoms with van der Waals surface area (Å²) in [4.78, 5) is 12.9. The summed E-state index contributed by atoms with van der Waals surface area (Å²) >= 11 is 2.15. The van der Waals surface area contributed by atoms with Crippen LogP contribution in [0.25, 0.3) is 0 Å². The first-order valence-corrected chi connectivity index (χ1v) is 12.9. The van der Waals surface area contributed by atoms with Gasteiger partial charge in [-0.1, -0.05) is 32.0 Å². The summed E-state index contributed by atoms with van der Waals surface area (Å²) in [6.07, 6.45) is 3.40. The molecule has 8 heteroatoms. The van der Waals surface area contributed by atoms with Crippen LogP contribution in [0.2, 0.25) is 0 Å². The summed E-state index contributed by atoms with van der Waals surface area (Å²) in [5, 5.41) is 3.06. The maximum atomic E-state index is 12.9. The molecule has 0 spiro atoms. The number of nitrogens with one attached hydrogen (secondary N) is 1. The predicted molar refractivity (Wildman–Crippen MR) is 127 cm³/mol. The third kappa shape index (κ3) is 5.08. The standard InChI is InChI=1S/C22H27IN2O4S/c1-4-22(5-2)14-19(18-8-6-7-9-20(18)29-22)24-21(26)15-25(30(3,27)28)17-12-10-16(23)11-13-17/h6-13,19H,4-5,14-15H2,1-3H3,(H,24,26)/t19-/m0/s1. The number of carbonyl (C=O) groups excluding carboxylic acids is 1. The first-order chi connectivity index (χ1) is 14.2. The highest BCUT2D eigenvalue weighted by Gasteiger charge is 2.39. The number of halogens is 1. The van der Waals surface area contributed by atoms with Crippen LogP contribution in [0.15, 0.2) is 48.5 Å². The highest BCUT2D eigenvalue weighted by molar-refractivity contribution is 14.1. The fraction of sp³-hybridized carbons (Fsp3) is 0.409. The lowest BCUT2D eigenvalue weighted by Crippen LogP contribution is -2.47. The molecule has 0 radical (unpaired) electrons. The molecule has 0 saturated carbocycles. The third-order valence-corrected chi connectivity index (χ3v) is 7.48. The molecule has 3 rings (SSSR count). The van der Waals surface area contributed by atoms with Crippen molar-refractivity contribution in [3.63, 3.8) is 0 Å². The normalized spacial score (nSPS) is 17.5. The fourth-order valence-electron chi connectivity index (χ4n) is 3.81. The van der Waals surface area contributed by atoms with Crippen LogP contribution < -0.4 is 14.4 Å². The van der Waals surface area contributed by atoms with Gasteiger partial charge in [-0.3, -0.25) is 9.10 Å². The molecule has 1 heterocycles. The Balaban J connectivity index is 1.84. The topological polar surface area (TPSA) is 75.7 Å². The van der Waals surface area contributed by atoms with Crippen LogP contribution in [-0.2, 0) is 14.8 Å². The summed E-state index contributed by atoms with van der Waals surface area (Å²) in [7, 11) is -3.61. The van der Waals surface area contributed by atoms with E-state index >= 15 is 0 Å². The van der Waals surface area contributed by atoms with E-state index in [0.717, 1.165) is 38.3 Å². The lowest BCUT2D eigenvalue weighted by molar-refractivity contribution is -0.121. The van der Waals surface area contributed by atoms with Crippen LogP contribution in [0, 0.1) is 3.57 Å².